The molecule has 3 aromatic rings. The average molecular weight is 484 g/mol. The van der Waals surface area contributed by atoms with Crippen LogP contribution in [-0.4, -0.2) is 26.6 Å². The van der Waals surface area contributed by atoms with Crippen LogP contribution in [0.2, 0.25) is 5.02 Å². The van der Waals surface area contributed by atoms with Crippen LogP contribution in [0.5, 0.6) is 0 Å². The number of thiazole rings is 1. The standard InChI is InChI=1S/C20H17ClF3N5O2S/c1-9-3-4-11(6-12(9)20(22,23)24)29-18(31)14-7-26-19(32-14)10(2)5-13(30)16-15(21)17(25)28-8-27-16/h3-4,6-8,10H,5H2,1-2H3,(H,29,31)(H2,25,27,28). The molecule has 168 valence electrons. The number of halogens is 4. The number of alkyl halides is 3. The molecule has 1 aromatic carbocycles. The Labute approximate surface area is 189 Å². The Morgan fingerprint density at radius 1 is 1.25 bits per heavy atom. The average Bonchev–Trinajstić information content (AvgIpc) is 3.21. The first-order valence-electron chi connectivity index (χ1n) is 9.21. The summed E-state index contributed by atoms with van der Waals surface area (Å²) in [7, 11) is 0. The number of aryl methyl sites for hydroxylation is 1. The van der Waals surface area contributed by atoms with E-state index >= 15 is 0 Å². The van der Waals surface area contributed by atoms with Crippen molar-refractivity contribution in [1.29, 1.82) is 0 Å². The second kappa shape index (κ2) is 9.21. The summed E-state index contributed by atoms with van der Waals surface area (Å²) < 4.78 is 39.3. The number of nitrogens with two attached hydrogens (primary N) is 1. The first-order chi connectivity index (χ1) is 15.0. The SMILES string of the molecule is Cc1ccc(NC(=O)c2cnc(C(C)CC(=O)c3ncnc(N)c3Cl)s2)cc1C(F)(F)F. The van der Waals surface area contributed by atoms with Gasteiger partial charge in [0.05, 0.1) is 16.8 Å². The number of Topliss-reactive ketones (excluding diaryl/α,β-unsaturated/α-hetero) is 1. The van der Waals surface area contributed by atoms with Crippen molar-refractivity contribution < 1.29 is 22.8 Å². The highest BCUT2D eigenvalue weighted by Gasteiger charge is 2.32. The van der Waals surface area contributed by atoms with E-state index in [9.17, 15) is 22.8 Å². The van der Waals surface area contributed by atoms with Gasteiger partial charge in [0.1, 0.15) is 27.7 Å². The Kier molecular flexibility index (Phi) is 6.79. The first kappa shape index (κ1) is 23.6. The number of nitrogens with zero attached hydrogens (tertiary/aromatic N) is 3. The summed E-state index contributed by atoms with van der Waals surface area (Å²) in [5, 5.41) is 2.92. The Balaban J connectivity index is 1.70. The second-order valence-electron chi connectivity index (χ2n) is 6.99. The Morgan fingerprint density at radius 2 is 1.97 bits per heavy atom. The highest BCUT2D eigenvalue weighted by atomic mass is 35.5. The Hall–Kier alpha value is -3.05. The lowest BCUT2D eigenvalue weighted by Gasteiger charge is -2.12. The van der Waals surface area contributed by atoms with Gasteiger partial charge in [0.15, 0.2) is 5.78 Å². The van der Waals surface area contributed by atoms with E-state index in [0.717, 1.165) is 23.7 Å². The normalized spacial score (nSPS) is 12.4. The fraction of sp³-hybridized carbons (Fsp3) is 0.250. The molecule has 0 saturated carbocycles. The summed E-state index contributed by atoms with van der Waals surface area (Å²) in [6.07, 6.45) is -2.07. The number of nitrogens with one attached hydrogen (secondary N) is 1. The number of rotatable bonds is 6. The lowest BCUT2D eigenvalue weighted by atomic mass is 10.0. The summed E-state index contributed by atoms with van der Waals surface area (Å²) in [5.74, 6) is -1.33. The van der Waals surface area contributed by atoms with E-state index in [4.69, 9.17) is 17.3 Å². The second-order valence-corrected chi connectivity index (χ2v) is 8.43. The van der Waals surface area contributed by atoms with Crippen molar-refractivity contribution in [1.82, 2.24) is 15.0 Å². The van der Waals surface area contributed by atoms with Crippen LogP contribution < -0.4 is 11.1 Å². The summed E-state index contributed by atoms with van der Waals surface area (Å²) in [6.45, 7) is 3.09. The Bertz CT molecular complexity index is 1180. The molecule has 0 aliphatic rings. The molecule has 1 unspecified atom stereocenters. The van der Waals surface area contributed by atoms with E-state index in [1.54, 1.807) is 6.92 Å². The molecule has 0 bridgehead atoms. The number of anilines is 2. The van der Waals surface area contributed by atoms with Gasteiger partial charge in [-0.15, -0.1) is 11.3 Å². The number of hydrogen-bond acceptors (Lipinski definition) is 7. The van der Waals surface area contributed by atoms with Gasteiger partial charge in [-0.05, 0) is 24.6 Å². The Morgan fingerprint density at radius 3 is 2.66 bits per heavy atom. The fourth-order valence-corrected chi connectivity index (χ4v) is 3.93. The van der Waals surface area contributed by atoms with Gasteiger partial charge >= 0.3 is 6.18 Å². The van der Waals surface area contributed by atoms with Crippen molar-refractivity contribution in [2.45, 2.75) is 32.4 Å². The zero-order chi connectivity index (χ0) is 23.6. The number of ketones is 1. The van der Waals surface area contributed by atoms with Gasteiger partial charge in [0.25, 0.3) is 5.91 Å². The zero-order valence-corrected chi connectivity index (χ0v) is 18.4. The number of nitrogen functional groups attached to an aromatic ring is 1. The molecule has 0 spiro atoms. The number of benzene rings is 1. The zero-order valence-electron chi connectivity index (χ0n) is 16.8. The molecule has 2 heterocycles. The molecule has 3 N–H and O–H groups in total. The van der Waals surface area contributed by atoms with Gasteiger partial charge in [-0.25, -0.2) is 15.0 Å². The summed E-state index contributed by atoms with van der Waals surface area (Å²) in [6, 6.07) is 3.56. The molecular weight excluding hydrogens is 467 g/mol. The third kappa shape index (κ3) is 5.22. The van der Waals surface area contributed by atoms with Crippen molar-refractivity contribution in [3.63, 3.8) is 0 Å². The lowest BCUT2D eigenvalue weighted by molar-refractivity contribution is -0.138. The molecule has 1 amide bonds. The molecular formula is C20H17ClF3N5O2S. The maximum atomic E-state index is 13.1. The van der Waals surface area contributed by atoms with Crippen molar-refractivity contribution in [2.24, 2.45) is 0 Å². The third-order valence-electron chi connectivity index (χ3n) is 4.54. The van der Waals surface area contributed by atoms with Crippen LogP contribution in [0.4, 0.5) is 24.7 Å². The van der Waals surface area contributed by atoms with E-state index in [-0.39, 0.29) is 50.8 Å². The van der Waals surface area contributed by atoms with Crippen LogP contribution in [0.25, 0.3) is 0 Å². The molecule has 1 atom stereocenters. The molecule has 0 saturated heterocycles. The summed E-state index contributed by atoms with van der Waals surface area (Å²) in [4.78, 5) is 36.9. The summed E-state index contributed by atoms with van der Waals surface area (Å²) in [5.41, 5.74) is 4.84. The van der Waals surface area contributed by atoms with E-state index < -0.39 is 17.6 Å². The molecule has 0 fully saturated rings. The van der Waals surface area contributed by atoms with Crippen molar-refractivity contribution in [3.05, 3.63) is 62.5 Å². The number of carbonyl (C=O) groups is 2. The van der Waals surface area contributed by atoms with Crippen molar-refractivity contribution >= 4 is 46.1 Å². The predicted molar refractivity (Wildman–Crippen MR) is 115 cm³/mol. The predicted octanol–water partition coefficient (Wildman–Crippen LogP) is 5.12. The van der Waals surface area contributed by atoms with Crippen LogP contribution in [-0.2, 0) is 6.18 Å². The minimum atomic E-state index is -4.53. The van der Waals surface area contributed by atoms with Gasteiger partial charge < -0.3 is 11.1 Å². The maximum Gasteiger partial charge on any atom is 0.416 e. The van der Waals surface area contributed by atoms with Crippen LogP contribution >= 0.6 is 22.9 Å². The monoisotopic (exact) mass is 483 g/mol. The lowest BCUT2D eigenvalue weighted by Crippen LogP contribution is -2.13. The third-order valence-corrected chi connectivity index (χ3v) is 6.14. The molecule has 3 rings (SSSR count). The van der Waals surface area contributed by atoms with Gasteiger partial charge in [0, 0.05) is 18.0 Å². The topological polar surface area (TPSA) is 111 Å². The van der Waals surface area contributed by atoms with Crippen LogP contribution in [0.1, 0.15) is 55.6 Å². The van der Waals surface area contributed by atoms with E-state index in [1.165, 1.54) is 25.3 Å². The van der Waals surface area contributed by atoms with Crippen LogP contribution in [0.3, 0.4) is 0 Å². The number of aromatic nitrogens is 3. The smallest absolute Gasteiger partial charge is 0.382 e. The van der Waals surface area contributed by atoms with Gasteiger partial charge in [-0.1, -0.05) is 24.6 Å². The molecule has 0 aliphatic carbocycles. The quantitative estimate of drug-likeness (QED) is 0.470. The molecule has 7 nitrogen and oxygen atoms in total. The van der Waals surface area contributed by atoms with Gasteiger partial charge in [0.2, 0.25) is 0 Å². The van der Waals surface area contributed by atoms with E-state index in [2.05, 4.69) is 20.3 Å². The van der Waals surface area contributed by atoms with Crippen molar-refractivity contribution in [2.75, 3.05) is 11.1 Å². The fourth-order valence-electron chi connectivity index (χ4n) is 2.86. The number of hydrogen-bond donors (Lipinski definition) is 2. The molecule has 32 heavy (non-hydrogen) atoms. The molecule has 12 heteroatoms. The maximum absolute atomic E-state index is 13.1. The number of amides is 1. The molecule has 0 aliphatic heterocycles. The minimum absolute atomic E-state index is 0.000351. The van der Waals surface area contributed by atoms with E-state index in [1.807, 2.05) is 0 Å². The number of carbonyl (C=O) groups excluding carboxylic acids is 2. The first-order valence-corrected chi connectivity index (χ1v) is 10.4. The van der Waals surface area contributed by atoms with Crippen molar-refractivity contribution in [3.8, 4) is 0 Å². The highest BCUT2D eigenvalue weighted by molar-refractivity contribution is 7.13. The van der Waals surface area contributed by atoms with Gasteiger partial charge in [-0.2, -0.15) is 13.2 Å². The van der Waals surface area contributed by atoms with Crippen LogP contribution in [0.15, 0.2) is 30.7 Å². The van der Waals surface area contributed by atoms with Crippen LogP contribution in [0, 0.1) is 6.92 Å². The van der Waals surface area contributed by atoms with E-state index in [0.29, 0.717) is 5.01 Å². The molecule has 2 aromatic heterocycles. The molecule has 0 radical (unpaired) electrons. The van der Waals surface area contributed by atoms with Gasteiger partial charge in [-0.3, -0.25) is 9.59 Å². The largest absolute Gasteiger partial charge is 0.416 e. The highest BCUT2D eigenvalue weighted by Crippen LogP contribution is 2.34. The minimum Gasteiger partial charge on any atom is -0.382 e. The summed E-state index contributed by atoms with van der Waals surface area (Å²) >= 11 is 7.02.